The summed E-state index contributed by atoms with van der Waals surface area (Å²) < 4.78 is 5.36. The van der Waals surface area contributed by atoms with Gasteiger partial charge in [0.05, 0.1) is 13.2 Å². The maximum Gasteiger partial charge on any atom is 0.244 e. The highest BCUT2D eigenvalue weighted by atomic mass is 16.5. The van der Waals surface area contributed by atoms with Gasteiger partial charge in [-0.3, -0.25) is 14.5 Å². The van der Waals surface area contributed by atoms with E-state index in [1.807, 2.05) is 35.2 Å². The van der Waals surface area contributed by atoms with Crippen LogP contribution in [0, 0.1) is 5.92 Å². The van der Waals surface area contributed by atoms with Gasteiger partial charge in [0.1, 0.15) is 6.04 Å². The van der Waals surface area contributed by atoms with Gasteiger partial charge in [-0.05, 0) is 31.5 Å². The van der Waals surface area contributed by atoms with Gasteiger partial charge in [-0.25, -0.2) is 0 Å². The van der Waals surface area contributed by atoms with E-state index in [4.69, 9.17) is 10.5 Å². The number of nitrogens with two attached hydrogens (primary N) is 1. The number of piperidine rings is 1. The Kier molecular flexibility index (Phi) is 5.48. The highest BCUT2D eigenvalue weighted by Crippen LogP contribution is 2.28. The van der Waals surface area contributed by atoms with E-state index < -0.39 is 0 Å². The summed E-state index contributed by atoms with van der Waals surface area (Å²) in [7, 11) is 0. The summed E-state index contributed by atoms with van der Waals surface area (Å²) in [5.41, 5.74) is 6.44. The predicted octanol–water partition coefficient (Wildman–Crippen LogP) is 0.784. The van der Waals surface area contributed by atoms with Crippen LogP contribution in [0.4, 0.5) is 0 Å². The number of likely N-dealkylation sites (tertiary alicyclic amines) is 1. The molecule has 3 rings (SSSR count). The topological polar surface area (TPSA) is 75.9 Å². The average Bonchev–Trinajstić information content (AvgIpc) is 2.64. The Hall–Kier alpha value is -1.92. The number of amides is 2. The number of nitrogens with zero attached hydrogens (tertiary/aromatic N) is 2. The van der Waals surface area contributed by atoms with E-state index in [0.29, 0.717) is 39.4 Å². The molecule has 2 fully saturated rings. The van der Waals surface area contributed by atoms with E-state index >= 15 is 0 Å². The second-order valence-electron chi connectivity index (χ2n) is 6.46. The molecule has 2 heterocycles. The van der Waals surface area contributed by atoms with Gasteiger partial charge < -0.3 is 15.4 Å². The zero-order chi connectivity index (χ0) is 16.9. The Morgan fingerprint density at radius 1 is 1.04 bits per heavy atom. The minimum absolute atomic E-state index is 0.0730. The minimum atomic E-state index is -0.293. The number of hydrogen-bond donors (Lipinski definition) is 1. The lowest BCUT2D eigenvalue weighted by Gasteiger charge is -2.39. The van der Waals surface area contributed by atoms with Gasteiger partial charge in [0.15, 0.2) is 0 Å². The third-order valence-electron chi connectivity index (χ3n) is 4.97. The van der Waals surface area contributed by atoms with Crippen molar-refractivity contribution in [1.82, 2.24) is 9.80 Å². The minimum Gasteiger partial charge on any atom is -0.378 e. The van der Waals surface area contributed by atoms with Gasteiger partial charge in [0.2, 0.25) is 11.8 Å². The molecule has 6 heteroatoms. The molecule has 1 unspecified atom stereocenters. The van der Waals surface area contributed by atoms with Gasteiger partial charge in [-0.2, -0.15) is 0 Å². The normalized spacial score (nSPS) is 21.4. The van der Waals surface area contributed by atoms with Gasteiger partial charge in [0.25, 0.3) is 0 Å². The van der Waals surface area contributed by atoms with E-state index in [1.54, 1.807) is 0 Å². The third-order valence-corrected chi connectivity index (χ3v) is 4.97. The van der Waals surface area contributed by atoms with Crippen molar-refractivity contribution in [3.05, 3.63) is 35.9 Å². The SMILES string of the molecule is NC(=O)C1CCN(C(C(=O)N2CCOCC2)c2ccccc2)CC1. The summed E-state index contributed by atoms with van der Waals surface area (Å²) in [5.74, 6) is -0.177. The van der Waals surface area contributed by atoms with Crippen LogP contribution in [0.3, 0.4) is 0 Å². The molecule has 6 nitrogen and oxygen atoms in total. The fourth-order valence-electron chi connectivity index (χ4n) is 3.54. The maximum absolute atomic E-state index is 13.2. The van der Waals surface area contributed by atoms with Gasteiger partial charge in [0, 0.05) is 19.0 Å². The van der Waals surface area contributed by atoms with Crippen molar-refractivity contribution in [1.29, 1.82) is 0 Å². The first kappa shape index (κ1) is 16.9. The molecular formula is C18H25N3O3. The molecule has 24 heavy (non-hydrogen) atoms. The van der Waals surface area contributed by atoms with Crippen LogP contribution in [-0.4, -0.2) is 61.0 Å². The van der Waals surface area contributed by atoms with Crippen molar-refractivity contribution in [3.63, 3.8) is 0 Å². The Morgan fingerprint density at radius 3 is 2.25 bits per heavy atom. The molecule has 0 aromatic heterocycles. The molecule has 0 spiro atoms. The number of ether oxygens (including phenoxy) is 1. The van der Waals surface area contributed by atoms with E-state index in [0.717, 1.165) is 18.4 Å². The Labute approximate surface area is 142 Å². The van der Waals surface area contributed by atoms with Crippen LogP contribution in [0.5, 0.6) is 0 Å². The highest BCUT2D eigenvalue weighted by molar-refractivity contribution is 5.83. The van der Waals surface area contributed by atoms with E-state index in [9.17, 15) is 9.59 Å². The van der Waals surface area contributed by atoms with Crippen LogP contribution in [0.15, 0.2) is 30.3 Å². The lowest BCUT2D eigenvalue weighted by atomic mass is 9.93. The van der Waals surface area contributed by atoms with Crippen LogP contribution in [0.25, 0.3) is 0 Å². The molecule has 0 saturated carbocycles. The standard InChI is InChI=1S/C18H25N3O3/c19-17(22)15-6-8-20(9-7-15)16(14-4-2-1-3-5-14)18(23)21-10-12-24-13-11-21/h1-5,15-16H,6-13H2,(H2,19,22). The van der Waals surface area contributed by atoms with Crippen LogP contribution < -0.4 is 5.73 Å². The number of primary amides is 1. The van der Waals surface area contributed by atoms with E-state index in [1.165, 1.54) is 0 Å². The number of carbonyl (C=O) groups excluding carboxylic acids is 2. The van der Waals surface area contributed by atoms with Crippen LogP contribution in [-0.2, 0) is 14.3 Å². The Morgan fingerprint density at radius 2 is 1.67 bits per heavy atom. The van der Waals surface area contributed by atoms with Gasteiger partial charge in [-0.1, -0.05) is 30.3 Å². The van der Waals surface area contributed by atoms with Crippen molar-refractivity contribution in [2.45, 2.75) is 18.9 Å². The Balaban J connectivity index is 1.78. The lowest BCUT2D eigenvalue weighted by molar-refractivity contribution is -0.142. The molecule has 2 N–H and O–H groups in total. The third kappa shape index (κ3) is 3.76. The molecule has 2 aliphatic heterocycles. The zero-order valence-corrected chi connectivity index (χ0v) is 13.9. The first-order valence-corrected chi connectivity index (χ1v) is 8.61. The van der Waals surface area contributed by atoms with Crippen molar-refractivity contribution < 1.29 is 14.3 Å². The number of carbonyl (C=O) groups is 2. The number of benzene rings is 1. The van der Waals surface area contributed by atoms with Crippen molar-refractivity contribution >= 4 is 11.8 Å². The number of rotatable bonds is 4. The molecule has 0 aliphatic carbocycles. The summed E-state index contributed by atoms with van der Waals surface area (Å²) in [6.07, 6.45) is 1.43. The van der Waals surface area contributed by atoms with Gasteiger partial charge in [-0.15, -0.1) is 0 Å². The van der Waals surface area contributed by atoms with Gasteiger partial charge >= 0.3 is 0 Å². The largest absolute Gasteiger partial charge is 0.378 e. The quantitative estimate of drug-likeness (QED) is 0.885. The summed E-state index contributed by atoms with van der Waals surface area (Å²) >= 11 is 0. The van der Waals surface area contributed by atoms with E-state index in [2.05, 4.69) is 4.90 Å². The second kappa shape index (κ2) is 7.77. The molecule has 130 valence electrons. The average molecular weight is 331 g/mol. The predicted molar refractivity (Wildman–Crippen MR) is 90.1 cm³/mol. The summed E-state index contributed by atoms with van der Waals surface area (Å²) in [6.45, 7) is 3.89. The molecular weight excluding hydrogens is 306 g/mol. The van der Waals surface area contributed by atoms with Crippen LogP contribution in [0.1, 0.15) is 24.4 Å². The lowest BCUT2D eigenvalue weighted by Crippen LogP contribution is -2.49. The molecule has 2 saturated heterocycles. The molecule has 1 atom stereocenters. The molecule has 0 radical (unpaired) electrons. The molecule has 1 aromatic carbocycles. The smallest absolute Gasteiger partial charge is 0.244 e. The first-order chi connectivity index (χ1) is 11.7. The summed E-state index contributed by atoms with van der Waals surface area (Å²) in [6, 6.07) is 9.60. The van der Waals surface area contributed by atoms with Crippen LogP contribution in [0.2, 0.25) is 0 Å². The van der Waals surface area contributed by atoms with E-state index in [-0.39, 0.29) is 23.8 Å². The molecule has 0 bridgehead atoms. The number of hydrogen-bond acceptors (Lipinski definition) is 4. The van der Waals surface area contributed by atoms with Crippen molar-refractivity contribution in [2.24, 2.45) is 11.7 Å². The Bertz CT molecular complexity index is 564. The highest BCUT2D eigenvalue weighted by Gasteiger charge is 2.35. The maximum atomic E-state index is 13.2. The fraction of sp³-hybridized carbons (Fsp3) is 0.556. The molecule has 1 aromatic rings. The summed E-state index contributed by atoms with van der Waals surface area (Å²) in [5, 5.41) is 0. The molecule has 2 amide bonds. The van der Waals surface area contributed by atoms with Crippen molar-refractivity contribution in [3.8, 4) is 0 Å². The summed E-state index contributed by atoms with van der Waals surface area (Å²) in [4.78, 5) is 28.6. The molecule has 2 aliphatic rings. The zero-order valence-electron chi connectivity index (χ0n) is 13.9. The second-order valence-corrected chi connectivity index (χ2v) is 6.46. The monoisotopic (exact) mass is 331 g/mol. The van der Waals surface area contributed by atoms with Crippen molar-refractivity contribution in [2.75, 3.05) is 39.4 Å². The fourth-order valence-corrected chi connectivity index (χ4v) is 3.54. The number of morpholine rings is 1. The van der Waals surface area contributed by atoms with Crippen LogP contribution >= 0.6 is 0 Å². The first-order valence-electron chi connectivity index (χ1n) is 8.61.